The first-order valence-electron chi connectivity index (χ1n) is 9.80. The van der Waals surface area contributed by atoms with Crippen LogP contribution in [0.1, 0.15) is 25.3 Å². The highest BCUT2D eigenvalue weighted by Gasteiger charge is 2.38. The van der Waals surface area contributed by atoms with Gasteiger partial charge in [0.15, 0.2) is 6.23 Å². The van der Waals surface area contributed by atoms with Crippen LogP contribution < -0.4 is 22.4 Å². The summed E-state index contributed by atoms with van der Waals surface area (Å²) in [5.41, 5.74) is 4.33. The second-order valence-corrected chi connectivity index (χ2v) is 7.48. The number of nitrogens with zero attached hydrogens (tertiary/aromatic N) is 4. The maximum atomic E-state index is 12.5. The highest BCUT2D eigenvalue weighted by atomic mass is 16.5. The molecule has 2 aromatic heterocycles. The zero-order valence-corrected chi connectivity index (χ0v) is 16.4. The Morgan fingerprint density at radius 3 is 2.45 bits per heavy atom. The van der Waals surface area contributed by atoms with E-state index in [1.165, 1.54) is 27.6 Å². The molecule has 6 atom stereocenters. The Morgan fingerprint density at radius 1 is 1.06 bits per heavy atom. The van der Waals surface area contributed by atoms with Gasteiger partial charge in [0.05, 0.1) is 31.5 Å². The van der Waals surface area contributed by atoms with E-state index in [1.807, 2.05) is 0 Å². The summed E-state index contributed by atoms with van der Waals surface area (Å²) in [6.07, 6.45) is -0.233. The first kappa shape index (κ1) is 21.4. The summed E-state index contributed by atoms with van der Waals surface area (Å²) in [5.74, 6) is 0.322. The molecule has 2 fully saturated rings. The quantitative estimate of drug-likeness (QED) is 0.330. The van der Waals surface area contributed by atoms with Crippen molar-refractivity contribution in [3.63, 3.8) is 0 Å². The van der Waals surface area contributed by atoms with Crippen LogP contribution in [0.3, 0.4) is 0 Å². The van der Waals surface area contributed by atoms with E-state index < -0.39 is 48.2 Å². The Labute approximate surface area is 175 Å². The van der Waals surface area contributed by atoms with Gasteiger partial charge >= 0.3 is 11.4 Å². The summed E-state index contributed by atoms with van der Waals surface area (Å²) in [5, 5.41) is 31.6. The third-order valence-corrected chi connectivity index (χ3v) is 5.38. The van der Waals surface area contributed by atoms with Gasteiger partial charge in [-0.25, -0.2) is 9.59 Å². The normalized spacial score (nSPS) is 30.5. The minimum Gasteiger partial charge on any atom is -0.394 e. The first-order valence-corrected chi connectivity index (χ1v) is 9.80. The average Bonchev–Trinajstić information content (AvgIpc) is 3.31. The predicted octanol–water partition coefficient (Wildman–Crippen LogP) is -2.22. The number of rotatable bonds is 6. The third kappa shape index (κ3) is 4.31. The number of anilines is 2. The summed E-state index contributed by atoms with van der Waals surface area (Å²) in [4.78, 5) is 32.4. The number of nitrogens with two attached hydrogens (primary N) is 1. The Balaban J connectivity index is 1.54. The monoisotopic (exact) mass is 436 g/mol. The lowest BCUT2D eigenvalue weighted by Gasteiger charge is -2.22. The number of aliphatic hydroxyl groups is 3. The van der Waals surface area contributed by atoms with Crippen LogP contribution in [0.4, 0.5) is 11.6 Å². The number of hydrogen-bond donors (Lipinski definition) is 5. The fraction of sp³-hybridized carbons (Fsp3) is 0.556. The van der Waals surface area contributed by atoms with Crippen molar-refractivity contribution < 1.29 is 24.8 Å². The van der Waals surface area contributed by atoms with Gasteiger partial charge in [0, 0.05) is 25.2 Å². The van der Waals surface area contributed by atoms with E-state index in [1.54, 1.807) is 6.07 Å². The molecular formula is C18H24N6O7. The number of nitrogens with one attached hydrogen (secondary N) is 1. The molecule has 6 N–H and O–H groups in total. The molecule has 13 heteroatoms. The van der Waals surface area contributed by atoms with Gasteiger partial charge in [0.2, 0.25) is 0 Å². The Hall–Kier alpha value is -2.84. The fourth-order valence-corrected chi connectivity index (χ4v) is 3.83. The van der Waals surface area contributed by atoms with Crippen LogP contribution in [-0.2, 0) is 9.47 Å². The molecule has 0 spiro atoms. The predicted molar refractivity (Wildman–Crippen MR) is 106 cm³/mol. The lowest BCUT2D eigenvalue weighted by atomic mass is 10.1. The van der Waals surface area contributed by atoms with E-state index in [-0.39, 0.29) is 31.3 Å². The van der Waals surface area contributed by atoms with E-state index in [0.717, 1.165) is 0 Å². The molecule has 4 heterocycles. The van der Waals surface area contributed by atoms with Crippen LogP contribution in [0.25, 0.3) is 0 Å². The largest absolute Gasteiger partial charge is 0.394 e. The van der Waals surface area contributed by atoms with Crippen molar-refractivity contribution in [1.82, 2.24) is 19.1 Å². The minimum atomic E-state index is -0.877. The van der Waals surface area contributed by atoms with Crippen LogP contribution in [0.2, 0.25) is 0 Å². The van der Waals surface area contributed by atoms with E-state index in [9.17, 15) is 24.9 Å². The molecule has 4 rings (SSSR count). The number of aliphatic hydroxyl groups excluding tert-OH is 3. The van der Waals surface area contributed by atoms with Gasteiger partial charge in [-0.3, -0.25) is 9.13 Å². The number of aromatic nitrogens is 4. The molecule has 0 saturated carbocycles. The lowest BCUT2D eigenvalue weighted by molar-refractivity contribution is -0.0458. The number of hydrogen-bond acceptors (Lipinski definition) is 11. The molecule has 0 amide bonds. The molecule has 2 aliphatic rings. The average molecular weight is 436 g/mol. The van der Waals surface area contributed by atoms with Crippen molar-refractivity contribution in [2.75, 3.05) is 24.3 Å². The molecule has 13 nitrogen and oxygen atoms in total. The summed E-state index contributed by atoms with van der Waals surface area (Å²) < 4.78 is 13.7. The van der Waals surface area contributed by atoms with Crippen molar-refractivity contribution in [3.8, 4) is 0 Å². The van der Waals surface area contributed by atoms with E-state index in [0.29, 0.717) is 6.42 Å². The SMILES string of the molecule is Nc1ccn(C2O[C@@H](CO)CC2Nc2ccn(C3C[C@@H](O)[C@H](CO)O3)c(=O)n2)c(=O)n1. The van der Waals surface area contributed by atoms with Crippen LogP contribution in [-0.4, -0.2) is 72.0 Å². The Morgan fingerprint density at radius 2 is 1.81 bits per heavy atom. The molecule has 2 saturated heterocycles. The van der Waals surface area contributed by atoms with Crippen LogP contribution >= 0.6 is 0 Å². The molecule has 0 aliphatic carbocycles. The fourth-order valence-electron chi connectivity index (χ4n) is 3.83. The summed E-state index contributed by atoms with van der Waals surface area (Å²) >= 11 is 0. The van der Waals surface area contributed by atoms with E-state index in [2.05, 4.69) is 15.3 Å². The first-order chi connectivity index (χ1) is 14.9. The van der Waals surface area contributed by atoms with Crippen LogP contribution in [0, 0.1) is 0 Å². The molecule has 3 unspecified atom stereocenters. The van der Waals surface area contributed by atoms with Crippen LogP contribution in [0.5, 0.6) is 0 Å². The lowest BCUT2D eigenvalue weighted by Crippen LogP contribution is -2.36. The van der Waals surface area contributed by atoms with Crippen molar-refractivity contribution >= 4 is 11.6 Å². The van der Waals surface area contributed by atoms with Gasteiger partial charge in [-0.1, -0.05) is 0 Å². The maximum absolute atomic E-state index is 12.5. The van der Waals surface area contributed by atoms with Gasteiger partial charge in [0.1, 0.15) is 24.0 Å². The summed E-state index contributed by atoms with van der Waals surface area (Å²) in [7, 11) is 0. The van der Waals surface area contributed by atoms with Crippen molar-refractivity contribution in [1.29, 1.82) is 0 Å². The van der Waals surface area contributed by atoms with E-state index >= 15 is 0 Å². The Kier molecular flexibility index (Phi) is 6.02. The van der Waals surface area contributed by atoms with Gasteiger partial charge in [0.25, 0.3) is 0 Å². The summed E-state index contributed by atoms with van der Waals surface area (Å²) in [6.45, 7) is -0.595. The van der Waals surface area contributed by atoms with E-state index in [4.69, 9.17) is 15.2 Å². The zero-order valence-electron chi connectivity index (χ0n) is 16.4. The molecule has 2 aliphatic heterocycles. The van der Waals surface area contributed by atoms with Gasteiger partial charge in [-0.15, -0.1) is 0 Å². The maximum Gasteiger partial charge on any atom is 0.351 e. The van der Waals surface area contributed by atoms with Gasteiger partial charge in [-0.05, 0) is 12.1 Å². The van der Waals surface area contributed by atoms with Crippen molar-refractivity contribution in [3.05, 3.63) is 45.5 Å². The molecule has 2 aromatic rings. The summed E-state index contributed by atoms with van der Waals surface area (Å²) in [6, 6.07) is 2.53. The highest BCUT2D eigenvalue weighted by Crippen LogP contribution is 2.30. The molecule has 0 aromatic carbocycles. The second kappa shape index (κ2) is 8.72. The number of nitrogen functional groups attached to an aromatic ring is 1. The smallest absolute Gasteiger partial charge is 0.351 e. The topological polar surface area (TPSA) is 187 Å². The van der Waals surface area contributed by atoms with Crippen molar-refractivity contribution in [2.45, 2.75) is 49.7 Å². The zero-order chi connectivity index (χ0) is 22.1. The molecule has 0 bridgehead atoms. The molecule has 0 radical (unpaired) electrons. The van der Waals surface area contributed by atoms with Crippen molar-refractivity contribution in [2.24, 2.45) is 0 Å². The standard InChI is InChI=1S/C18H24N6O7/c19-13-1-3-24(17(28)21-13)16-10(5-9(7-25)30-16)20-14-2-4-23(18(29)22-14)15-6-11(27)12(8-26)31-15/h1-4,9-12,15-16,25-27H,5-8H2,(H2,19,21,28)(H,20,22,29)/t9-,10?,11-,12+,15?,16?/m1/s1. The highest BCUT2D eigenvalue weighted by molar-refractivity contribution is 5.34. The van der Waals surface area contributed by atoms with Gasteiger partial charge in [-0.2, -0.15) is 9.97 Å². The third-order valence-electron chi connectivity index (χ3n) is 5.38. The minimum absolute atomic E-state index is 0.0791. The van der Waals surface area contributed by atoms with Crippen LogP contribution in [0.15, 0.2) is 34.1 Å². The Bertz CT molecular complexity index is 1040. The molecule has 168 valence electrons. The second-order valence-electron chi connectivity index (χ2n) is 7.48. The molecule has 31 heavy (non-hydrogen) atoms. The van der Waals surface area contributed by atoms with Gasteiger partial charge < -0.3 is 35.8 Å². The number of ether oxygens (including phenoxy) is 2. The molecular weight excluding hydrogens is 412 g/mol.